The second kappa shape index (κ2) is 7.94. The molecule has 0 aromatic heterocycles. The van der Waals surface area contributed by atoms with Gasteiger partial charge in [-0.2, -0.15) is 0 Å². The molecule has 0 saturated carbocycles. The topological polar surface area (TPSA) is 49.4 Å². The average molecular weight is 441 g/mol. The predicted octanol–water partition coefficient (Wildman–Crippen LogP) is 5.84. The monoisotopic (exact) mass is 440 g/mol. The van der Waals surface area contributed by atoms with Crippen molar-refractivity contribution in [1.29, 1.82) is 0 Å². The van der Waals surface area contributed by atoms with E-state index in [-0.39, 0.29) is 17.0 Å². The van der Waals surface area contributed by atoms with Crippen LogP contribution in [-0.4, -0.2) is 11.8 Å². The number of amides is 2. The SMILES string of the molecule is Cc1cc(Cl)ccc1NC1=C(c2ccc(Cl)cc2)C(=O)N(c2ccccc2F)C1=O. The number of halogens is 3. The summed E-state index contributed by atoms with van der Waals surface area (Å²) in [5.74, 6) is -1.94. The number of hydrogen-bond acceptors (Lipinski definition) is 3. The third kappa shape index (κ3) is 3.58. The van der Waals surface area contributed by atoms with Crippen molar-refractivity contribution in [3.8, 4) is 0 Å². The summed E-state index contributed by atoms with van der Waals surface area (Å²) in [4.78, 5) is 27.4. The van der Waals surface area contributed by atoms with Gasteiger partial charge in [-0.1, -0.05) is 47.5 Å². The number of carbonyl (C=O) groups is 2. The number of aryl methyl sites for hydroxylation is 1. The Balaban J connectivity index is 1.86. The molecule has 0 unspecified atom stereocenters. The summed E-state index contributed by atoms with van der Waals surface area (Å²) in [6.45, 7) is 1.83. The van der Waals surface area contributed by atoms with Gasteiger partial charge in [0.05, 0.1) is 11.3 Å². The van der Waals surface area contributed by atoms with Crippen LogP contribution in [0.5, 0.6) is 0 Å². The quantitative estimate of drug-likeness (QED) is 0.518. The fourth-order valence-electron chi connectivity index (χ4n) is 3.28. The number of carbonyl (C=O) groups excluding carboxylic acids is 2. The molecule has 0 aliphatic carbocycles. The second-order valence-electron chi connectivity index (χ2n) is 6.74. The Kier molecular flexibility index (Phi) is 5.33. The molecule has 0 fully saturated rings. The van der Waals surface area contributed by atoms with E-state index < -0.39 is 17.6 Å². The first-order chi connectivity index (χ1) is 14.4. The van der Waals surface area contributed by atoms with E-state index >= 15 is 0 Å². The van der Waals surface area contributed by atoms with E-state index in [2.05, 4.69) is 5.32 Å². The Morgan fingerprint density at radius 3 is 2.20 bits per heavy atom. The first-order valence-corrected chi connectivity index (χ1v) is 9.79. The Labute approximate surface area is 182 Å². The number of anilines is 2. The number of nitrogens with zero attached hydrogens (tertiary/aromatic N) is 1. The average Bonchev–Trinajstić information content (AvgIpc) is 2.95. The van der Waals surface area contributed by atoms with Crippen LogP contribution in [0.1, 0.15) is 11.1 Å². The van der Waals surface area contributed by atoms with E-state index in [0.29, 0.717) is 21.3 Å². The normalized spacial score (nSPS) is 13.9. The highest BCUT2D eigenvalue weighted by molar-refractivity contribution is 6.46. The smallest absolute Gasteiger partial charge is 0.282 e. The molecule has 1 aliphatic rings. The van der Waals surface area contributed by atoms with E-state index in [1.165, 1.54) is 18.2 Å². The zero-order chi connectivity index (χ0) is 21.4. The van der Waals surface area contributed by atoms with Gasteiger partial charge in [-0.15, -0.1) is 0 Å². The van der Waals surface area contributed by atoms with Gasteiger partial charge < -0.3 is 5.32 Å². The van der Waals surface area contributed by atoms with Crippen LogP contribution in [0.15, 0.2) is 72.4 Å². The molecule has 30 heavy (non-hydrogen) atoms. The number of benzene rings is 3. The van der Waals surface area contributed by atoms with Crippen LogP contribution in [-0.2, 0) is 9.59 Å². The summed E-state index contributed by atoms with van der Waals surface area (Å²) in [7, 11) is 0. The highest BCUT2D eigenvalue weighted by Crippen LogP contribution is 2.35. The Bertz CT molecular complexity index is 1210. The van der Waals surface area contributed by atoms with Crippen LogP contribution in [0.2, 0.25) is 10.0 Å². The van der Waals surface area contributed by atoms with Crippen molar-refractivity contribution >= 4 is 52.0 Å². The summed E-state index contributed by atoms with van der Waals surface area (Å²) in [6.07, 6.45) is 0. The molecule has 1 N–H and O–H groups in total. The van der Waals surface area contributed by atoms with Crippen molar-refractivity contribution in [2.75, 3.05) is 10.2 Å². The number of rotatable bonds is 4. The zero-order valence-corrected chi connectivity index (χ0v) is 17.3. The molecule has 0 spiro atoms. The van der Waals surface area contributed by atoms with Gasteiger partial charge in [0, 0.05) is 15.7 Å². The molecule has 1 aliphatic heterocycles. The molecule has 0 radical (unpaired) electrons. The standard InChI is InChI=1S/C23H15Cl2FN2O2/c1-13-12-16(25)10-11-18(13)27-21-20(14-6-8-15(24)9-7-14)22(29)28(23(21)30)19-5-3-2-4-17(19)26/h2-12,27H,1H3. The van der Waals surface area contributed by atoms with Crippen molar-refractivity contribution in [1.82, 2.24) is 0 Å². The van der Waals surface area contributed by atoms with Crippen LogP contribution in [0.25, 0.3) is 5.57 Å². The molecule has 7 heteroatoms. The lowest BCUT2D eigenvalue weighted by Gasteiger charge is -2.16. The largest absolute Gasteiger partial charge is 0.350 e. The van der Waals surface area contributed by atoms with Crippen LogP contribution in [0.3, 0.4) is 0 Å². The minimum Gasteiger partial charge on any atom is -0.350 e. The Morgan fingerprint density at radius 1 is 0.867 bits per heavy atom. The lowest BCUT2D eigenvalue weighted by atomic mass is 10.0. The van der Waals surface area contributed by atoms with Crippen molar-refractivity contribution in [3.05, 3.63) is 99.4 Å². The number of hydrogen-bond donors (Lipinski definition) is 1. The van der Waals surface area contributed by atoms with E-state index in [1.807, 2.05) is 6.92 Å². The molecule has 3 aromatic carbocycles. The molecular formula is C23H15Cl2FN2O2. The molecule has 4 rings (SSSR count). The zero-order valence-electron chi connectivity index (χ0n) is 15.7. The summed E-state index contributed by atoms with van der Waals surface area (Å²) in [5.41, 5.74) is 1.96. The van der Waals surface area contributed by atoms with Gasteiger partial charge in [0.1, 0.15) is 11.5 Å². The van der Waals surface area contributed by atoms with Gasteiger partial charge in [-0.3, -0.25) is 9.59 Å². The summed E-state index contributed by atoms with van der Waals surface area (Å²) < 4.78 is 14.4. The van der Waals surface area contributed by atoms with Crippen molar-refractivity contribution in [2.24, 2.45) is 0 Å². The van der Waals surface area contributed by atoms with Crippen LogP contribution < -0.4 is 10.2 Å². The summed E-state index contributed by atoms with van der Waals surface area (Å²) in [6, 6.07) is 17.3. The highest BCUT2D eigenvalue weighted by atomic mass is 35.5. The fourth-order valence-corrected chi connectivity index (χ4v) is 3.64. The van der Waals surface area contributed by atoms with Crippen molar-refractivity contribution < 1.29 is 14.0 Å². The molecular weight excluding hydrogens is 426 g/mol. The van der Waals surface area contributed by atoms with Crippen LogP contribution in [0, 0.1) is 12.7 Å². The molecule has 150 valence electrons. The Hall–Kier alpha value is -3.15. The molecule has 4 nitrogen and oxygen atoms in total. The van der Waals surface area contributed by atoms with Gasteiger partial charge in [0.15, 0.2) is 0 Å². The van der Waals surface area contributed by atoms with Crippen LogP contribution in [0.4, 0.5) is 15.8 Å². The van der Waals surface area contributed by atoms with Crippen LogP contribution >= 0.6 is 23.2 Å². The van der Waals surface area contributed by atoms with Gasteiger partial charge in [0.25, 0.3) is 11.8 Å². The predicted molar refractivity (Wildman–Crippen MR) is 117 cm³/mol. The molecule has 1 heterocycles. The van der Waals surface area contributed by atoms with Crippen molar-refractivity contribution in [3.63, 3.8) is 0 Å². The highest BCUT2D eigenvalue weighted by Gasteiger charge is 2.41. The molecule has 0 bridgehead atoms. The van der Waals surface area contributed by atoms with Crippen molar-refractivity contribution in [2.45, 2.75) is 6.92 Å². The third-order valence-corrected chi connectivity index (χ3v) is 5.25. The molecule has 0 atom stereocenters. The first-order valence-electron chi connectivity index (χ1n) is 9.03. The summed E-state index contributed by atoms with van der Waals surface area (Å²) >= 11 is 12.0. The minimum absolute atomic E-state index is 0.0518. The van der Waals surface area contributed by atoms with Gasteiger partial charge >= 0.3 is 0 Å². The number of para-hydroxylation sites is 1. The van der Waals surface area contributed by atoms with E-state index in [4.69, 9.17) is 23.2 Å². The Morgan fingerprint density at radius 2 is 1.53 bits per heavy atom. The number of imide groups is 1. The lowest BCUT2D eigenvalue weighted by Crippen LogP contribution is -2.33. The maximum atomic E-state index is 14.4. The minimum atomic E-state index is -0.668. The maximum absolute atomic E-state index is 14.4. The number of nitrogens with one attached hydrogen (secondary N) is 1. The van der Waals surface area contributed by atoms with Gasteiger partial charge in [-0.25, -0.2) is 9.29 Å². The molecule has 2 amide bonds. The molecule has 3 aromatic rings. The summed E-state index contributed by atoms with van der Waals surface area (Å²) in [5, 5.41) is 4.09. The fraction of sp³-hybridized carbons (Fsp3) is 0.0435. The molecule has 0 saturated heterocycles. The van der Waals surface area contributed by atoms with E-state index in [0.717, 1.165) is 10.5 Å². The van der Waals surface area contributed by atoms with E-state index in [9.17, 15) is 14.0 Å². The van der Waals surface area contributed by atoms with Gasteiger partial charge in [-0.05, 0) is 60.5 Å². The first kappa shape index (κ1) is 20.1. The third-order valence-electron chi connectivity index (χ3n) is 4.76. The van der Waals surface area contributed by atoms with E-state index in [1.54, 1.807) is 48.5 Å². The van der Waals surface area contributed by atoms with Gasteiger partial charge in [0.2, 0.25) is 0 Å². The maximum Gasteiger partial charge on any atom is 0.282 e. The lowest BCUT2D eigenvalue weighted by molar-refractivity contribution is -0.120. The second-order valence-corrected chi connectivity index (χ2v) is 7.61.